The van der Waals surface area contributed by atoms with Gasteiger partial charge in [-0.05, 0) is 45.2 Å². The third-order valence-electron chi connectivity index (χ3n) is 5.60. The SMILES string of the molecule is CC(C)CC(NC(=O)[C@@H]1CCCC[C@@H]1NC(=O)CN(C)C)C(=O)c1nn(CC(C)C)c(=O)o1. The lowest BCUT2D eigenvalue weighted by Gasteiger charge is -2.32. The molecule has 2 N–H and O–H groups in total. The molecule has 10 heteroatoms. The van der Waals surface area contributed by atoms with Gasteiger partial charge in [-0.2, -0.15) is 4.68 Å². The number of hydrogen-bond donors (Lipinski definition) is 2. The molecule has 0 radical (unpaired) electrons. The zero-order valence-electron chi connectivity index (χ0n) is 20.7. The largest absolute Gasteiger partial charge is 0.437 e. The van der Waals surface area contributed by atoms with Crippen molar-refractivity contribution in [3.05, 3.63) is 16.4 Å². The minimum Gasteiger partial charge on any atom is -0.384 e. The first-order valence-corrected chi connectivity index (χ1v) is 11.8. The molecule has 0 aromatic carbocycles. The second-order valence-electron chi connectivity index (χ2n) is 10.1. The number of likely N-dealkylation sites (N-methyl/N-ethyl adjacent to an activating group) is 1. The van der Waals surface area contributed by atoms with Crippen LogP contribution < -0.4 is 16.4 Å². The van der Waals surface area contributed by atoms with Crippen molar-refractivity contribution in [1.29, 1.82) is 0 Å². The van der Waals surface area contributed by atoms with Crippen LogP contribution in [0.1, 0.15) is 70.5 Å². The van der Waals surface area contributed by atoms with Crippen LogP contribution >= 0.6 is 0 Å². The minimum absolute atomic E-state index is 0.116. The molecule has 33 heavy (non-hydrogen) atoms. The van der Waals surface area contributed by atoms with E-state index in [4.69, 9.17) is 4.42 Å². The first-order chi connectivity index (χ1) is 15.5. The fraction of sp³-hybridized carbons (Fsp3) is 0.783. The van der Waals surface area contributed by atoms with Crippen molar-refractivity contribution in [1.82, 2.24) is 25.3 Å². The fourth-order valence-electron chi connectivity index (χ4n) is 4.15. The van der Waals surface area contributed by atoms with E-state index < -0.39 is 23.5 Å². The lowest BCUT2D eigenvalue weighted by atomic mass is 9.83. The van der Waals surface area contributed by atoms with Crippen LogP contribution in [0.2, 0.25) is 0 Å². The Morgan fingerprint density at radius 2 is 1.79 bits per heavy atom. The molecule has 0 aliphatic heterocycles. The van der Waals surface area contributed by atoms with Gasteiger partial charge in [-0.1, -0.05) is 40.5 Å². The second kappa shape index (κ2) is 12.1. The highest BCUT2D eigenvalue weighted by atomic mass is 16.4. The molecule has 1 aromatic rings. The minimum atomic E-state index is -0.858. The van der Waals surface area contributed by atoms with E-state index in [0.29, 0.717) is 25.8 Å². The van der Waals surface area contributed by atoms with Gasteiger partial charge in [0.2, 0.25) is 17.6 Å². The lowest BCUT2D eigenvalue weighted by Crippen LogP contribution is -2.53. The topological polar surface area (TPSA) is 127 Å². The summed E-state index contributed by atoms with van der Waals surface area (Å²) >= 11 is 0. The molecule has 1 aliphatic carbocycles. The summed E-state index contributed by atoms with van der Waals surface area (Å²) in [5.41, 5.74) is 0. The van der Waals surface area contributed by atoms with E-state index in [1.54, 1.807) is 4.90 Å². The fourth-order valence-corrected chi connectivity index (χ4v) is 4.15. The van der Waals surface area contributed by atoms with E-state index in [0.717, 1.165) is 17.5 Å². The average Bonchev–Trinajstić information content (AvgIpc) is 3.05. The van der Waals surface area contributed by atoms with Gasteiger partial charge in [-0.3, -0.25) is 14.4 Å². The van der Waals surface area contributed by atoms with Gasteiger partial charge in [0.25, 0.3) is 5.89 Å². The van der Waals surface area contributed by atoms with Crippen LogP contribution in [0.15, 0.2) is 9.21 Å². The molecule has 1 fully saturated rings. The summed E-state index contributed by atoms with van der Waals surface area (Å²) in [7, 11) is 3.63. The number of aromatic nitrogens is 2. The van der Waals surface area contributed by atoms with Crippen LogP contribution in [0.5, 0.6) is 0 Å². The van der Waals surface area contributed by atoms with Crippen LogP contribution in [0.4, 0.5) is 0 Å². The predicted octanol–water partition coefficient (Wildman–Crippen LogP) is 1.44. The van der Waals surface area contributed by atoms with E-state index in [9.17, 15) is 19.2 Å². The molecule has 1 heterocycles. The summed E-state index contributed by atoms with van der Waals surface area (Å²) in [5.74, 6) is -2.02. The van der Waals surface area contributed by atoms with Crippen molar-refractivity contribution in [2.45, 2.75) is 78.4 Å². The van der Waals surface area contributed by atoms with Gasteiger partial charge in [0.15, 0.2) is 0 Å². The number of nitrogens with one attached hydrogen (secondary N) is 2. The molecule has 2 rings (SSSR count). The predicted molar refractivity (Wildman–Crippen MR) is 124 cm³/mol. The van der Waals surface area contributed by atoms with Gasteiger partial charge in [-0.25, -0.2) is 4.79 Å². The number of rotatable bonds is 11. The number of ketones is 1. The smallest absolute Gasteiger partial charge is 0.384 e. The summed E-state index contributed by atoms with van der Waals surface area (Å²) in [4.78, 5) is 52.5. The Bertz CT molecular complexity index is 873. The van der Waals surface area contributed by atoms with Gasteiger partial charge >= 0.3 is 5.76 Å². The van der Waals surface area contributed by atoms with E-state index in [1.807, 2.05) is 41.8 Å². The van der Waals surface area contributed by atoms with Crippen LogP contribution in [-0.2, 0) is 16.1 Å². The molecule has 3 atom stereocenters. The van der Waals surface area contributed by atoms with Crippen molar-refractivity contribution in [2.75, 3.05) is 20.6 Å². The second-order valence-corrected chi connectivity index (χ2v) is 10.1. The molecule has 0 saturated heterocycles. The first kappa shape index (κ1) is 26.8. The molecule has 0 bridgehead atoms. The Morgan fingerprint density at radius 1 is 1.12 bits per heavy atom. The number of amides is 2. The van der Waals surface area contributed by atoms with E-state index in [1.165, 1.54) is 0 Å². The van der Waals surface area contributed by atoms with Crippen LogP contribution in [0.25, 0.3) is 0 Å². The number of carbonyl (C=O) groups excluding carboxylic acids is 3. The molecule has 186 valence electrons. The van der Waals surface area contributed by atoms with Gasteiger partial charge in [0.1, 0.15) is 0 Å². The quantitative estimate of drug-likeness (QED) is 0.474. The van der Waals surface area contributed by atoms with Gasteiger partial charge < -0.3 is 20.0 Å². The zero-order valence-corrected chi connectivity index (χ0v) is 20.7. The van der Waals surface area contributed by atoms with Crippen molar-refractivity contribution in [2.24, 2.45) is 17.8 Å². The lowest BCUT2D eigenvalue weighted by molar-refractivity contribution is -0.129. The van der Waals surface area contributed by atoms with Crippen molar-refractivity contribution < 1.29 is 18.8 Å². The van der Waals surface area contributed by atoms with Gasteiger partial charge in [0, 0.05) is 6.04 Å². The molecule has 0 spiro atoms. The van der Waals surface area contributed by atoms with E-state index in [2.05, 4.69) is 15.7 Å². The maximum atomic E-state index is 13.2. The molecule has 2 amide bonds. The maximum absolute atomic E-state index is 13.2. The molecule has 1 unspecified atom stereocenters. The van der Waals surface area contributed by atoms with E-state index >= 15 is 0 Å². The standard InChI is InChI=1S/C23H39N5O5/c1-14(2)11-18(20(30)22-26-28(12-15(3)4)23(32)33-22)25-21(31)16-9-7-8-10-17(16)24-19(29)13-27(5)6/h14-18H,7-13H2,1-6H3,(H,24,29)(H,25,31)/t16-,17+,18?/m1/s1. The van der Waals surface area contributed by atoms with E-state index in [-0.39, 0.29) is 42.1 Å². The van der Waals surface area contributed by atoms with Crippen molar-refractivity contribution >= 4 is 17.6 Å². The number of hydrogen-bond acceptors (Lipinski definition) is 7. The highest BCUT2D eigenvalue weighted by Crippen LogP contribution is 2.25. The zero-order chi connectivity index (χ0) is 24.7. The Hall–Kier alpha value is -2.49. The highest BCUT2D eigenvalue weighted by Gasteiger charge is 2.35. The third kappa shape index (κ3) is 8.10. The summed E-state index contributed by atoms with van der Waals surface area (Å²) < 4.78 is 6.25. The van der Waals surface area contributed by atoms with Crippen LogP contribution in [0, 0.1) is 17.8 Å². The van der Waals surface area contributed by atoms with Crippen molar-refractivity contribution in [3.63, 3.8) is 0 Å². The number of nitrogens with zero attached hydrogens (tertiary/aromatic N) is 3. The summed E-state index contributed by atoms with van der Waals surface area (Å²) in [6.07, 6.45) is 3.56. The Balaban J connectivity index is 2.16. The molecular weight excluding hydrogens is 426 g/mol. The van der Waals surface area contributed by atoms with Crippen molar-refractivity contribution in [3.8, 4) is 0 Å². The summed E-state index contributed by atoms with van der Waals surface area (Å²) in [5, 5.41) is 9.91. The maximum Gasteiger partial charge on any atom is 0.437 e. The summed E-state index contributed by atoms with van der Waals surface area (Å²) in [6, 6.07) is -1.13. The normalized spacial score (nSPS) is 19.7. The Kier molecular flexibility index (Phi) is 9.82. The monoisotopic (exact) mass is 465 g/mol. The van der Waals surface area contributed by atoms with Gasteiger partial charge in [-0.15, -0.1) is 5.10 Å². The van der Waals surface area contributed by atoms with Gasteiger partial charge in [0.05, 0.1) is 25.0 Å². The first-order valence-electron chi connectivity index (χ1n) is 11.8. The number of Topliss-reactive ketones (excluding diaryl/α,β-unsaturated/α-hetero) is 1. The number of carbonyl (C=O) groups is 3. The van der Waals surface area contributed by atoms with Crippen LogP contribution in [-0.4, -0.2) is 65.0 Å². The molecule has 1 saturated carbocycles. The molecular formula is C23H39N5O5. The molecule has 1 aliphatic rings. The summed E-state index contributed by atoms with van der Waals surface area (Å²) in [6.45, 7) is 8.35. The Labute approximate surface area is 195 Å². The molecule has 1 aromatic heterocycles. The molecule has 10 nitrogen and oxygen atoms in total. The third-order valence-corrected chi connectivity index (χ3v) is 5.60. The van der Waals surface area contributed by atoms with Crippen LogP contribution in [0.3, 0.4) is 0 Å². The Morgan fingerprint density at radius 3 is 2.39 bits per heavy atom. The highest BCUT2D eigenvalue weighted by molar-refractivity contribution is 5.98. The average molecular weight is 466 g/mol.